The van der Waals surface area contributed by atoms with Crippen LogP contribution >= 0.6 is 11.3 Å². The Morgan fingerprint density at radius 3 is 2.58 bits per heavy atom. The van der Waals surface area contributed by atoms with Crippen LogP contribution in [0.3, 0.4) is 0 Å². The zero-order valence-corrected chi connectivity index (χ0v) is 17.5. The number of fused-ring (bicyclic) bond motifs is 1. The second kappa shape index (κ2) is 8.93. The van der Waals surface area contributed by atoms with Crippen LogP contribution in [-0.4, -0.2) is 33.6 Å². The molecular weight excluding hydrogens is 414 g/mol. The van der Waals surface area contributed by atoms with Gasteiger partial charge in [0, 0.05) is 6.42 Å². The molecule has 2 N–H and O–H groups in total. The van der Waals surface area contributed by atoms with E-state index < -0.39 is 11.9 Å². The number of aryl methyl sites for hydroxylation is 1. The van der Waals surface area contributed by atoms with Crippen LogP contribution in [0.1, 0.15) is 31.2 Å². The molecule has 0 amide bonds. The average Bonchev–Trinajstić information content (AvgIpc) is 3.12. The first-order valence-electron chi connectivity index (χ1n) is 9.59. The summed E-state index contributed by atoms with van der Waals surface area (Å²) < 4.78 is 5.48. The fraction of sp³-hybridized carbons (Fsp3) is 0.130. The van der Waals surface area contributed by atoms with Gasteiger partial charge in [0.25, 0.3) is 0 Å². The lowest BCUT2D eigenvalue weighted by Crippen LogP contribution is -2.08. The molecule has 2 aromatic heterocycles. The summed E-state index contributed by atoms with van der Waals surface area (Å²) in [6.07, 6.45) is 2.02. The number of ether oxygens (including phenoxy) is 1. The highest BCUT2D eigenvalue weighted by Crippen LogP contribution is 2.35. The van der Waals surface area contributed by atoms with Crippen LogP contribution in [0.2, 0.25) is 0 Å². The molecule has 0 aliphatic carbocycles. The van der Waals surface area contributed by atoms with Gasteiger partial charge in [0.2, 0.25) is 0 Å². The van der Waals surface area contributed by atoms with Crippen molar-refractivity contribution in [1.82, 2.24) is 9.97 Å². The fourth-order valence-corrected chi connectivity index (χ4v) is 4.28. The smallest absolute Gasteiger partial charge is 0.348 e. The molecule has 0 spiro atoms. The van der Waals surface area contributed by atoms with Gasteiger partial charge in [0.15, 0.2) is 0 Å². The van der Waals surface area contributed by atoms with Crippen LogP contribution in [0, 0.1) is 6.92 Å². The van der Waals surface area contributed by atoms with Crippen molar-refractivity contribution in [2.75, 3.05) is 11.9 Å². The first-order valence-corrected chi connectivity index (χ1v) is 10.4. The minimum absolute atomic E-state index is 0.127. The molecule has 4 rings (SSSR count). The van der Waals surface area contributed by atoms with E-state index in [1.807, 2.05) is 37.3 Å². The third-order valence-corrected chi connectivity index (χ3v) is 5.97. The van der Waals surface area contributed by atoms with Gasteiger partial charge in [0.05, 0.1) is 23.2 Å². The number of aromatic nitrogens is 2. The Balaban J connectivity index is 1.58. The summed E-state index contributed by atoms with van der Waals surface area (Å²) in [6, 6.07) is 16.4. The molecule has 0 saturated heterocycles. The average molecular weight is 433 g/mol. The highest BCUT2D eigenvalue weighted by molar-refractivity contribution is 7.20. The number of para-hydroxylation sites is 1. The van der Waals surface area contributed by atoms with Gasteiger partial charge in [-0.25, -0.2) is 19.6 Å². The van der Waals surface area contributed by atoms with E-state index >= 15 is 0 Å². The second-order valence-corrected chi connectivity index (χ2v) is 7.80. The third-order valence-electron chi connectivity index (χ3n) is 4.79. The lowest BCUT2D eigenvalue weighted by atomic mass is 10.1. The Morgan fingerprint density at radius 2 is 1.81 bits per heavy atom. The molecule has 0 saturated carbocycles. The summed E-state index contributed by atoms with van der Waals surface area (Å²) in [6.45, 7) is 2.09. The Labute approximate surface area is 182 Å². The van der Waals surface area contributed by atoms with E-state index in [1.54, 1.807) is 18.2 Å². The predicted octanol–water partition coefficient (Wildman–Crippen LogP) is 4.84. The summed E-state index contributed by atoms with van der Waals surface area (Å²) in [5.74, 6) is -1.01. The van der Waals surface area contributed by atoms with Crippen molar-refractivity contribution < 1.29 is 19.4 Å². The van der Waals surface area contributed by atoms with Crippen LogP contribution in [-0.2, 0) is 11.2 Å². The number of carboxylic acids is 1. The summed E-state index contributed by atoms with van der Waals surface area (Å²) in [5.41, 5.74) is 2.33. The monoisotopic (exact) mass is 433 g/mol. The standard InChI is InChI=1S/C23H19N3O4S/c1-14-18-20(26-17-10-6-5-9-16(17)22(27)28)24-13-25-21(18)31-19(14)23(29)30-12-11-15-7-3-2-4-8-15/h2-10,13H,11-12H2,1H3,(H,27,28)(H,24,25,26). The number of carbonyl (C=O) groups excluding carboxylic acids is 1. The van der Waals surface area contributed by atoms with Gasteiger partial charge in [-0.15, -0.1) is 11.3 Å². The maximum atomic E-state index is 12.7. The van der Waals surface area contributed by atoms with Crippen LogP contribution in [0.5, 0.6) is 0 Å². The summed E-state index contributed by atoms with van der Waals surface area (Å²) >= 11 is 1.23. The van der Waals surface area contributed by atoms with Crippen molar-refractivity contribution in [1.29, 1.82) is 0 Å². The number of rotatable bonds is 7. The van der Waals surface area contributed by atoms with Crippen molar-refractivity contribution in [3.8, 4) is 0 Å². The molecule has 0 atom stereocenters. The molecule has 156 valence electrons. The number of thiophene rings is 1. The molecule has 0 bridgehead atoms. The molecular formula is C23H19N3O4S. The number of anilines is 2. The van der Waals surface area contributed by atoms with Gasteiger partial charge >= 0.3 is 11.9 Å². The first-order chi connectivity index (χ1) is 15.0. The van der Waals surface area contributed by atoms with E-state index in [4.69, 9.17) is 4.74 Å². The van der Waals surface area contributed by atoms with Gasteiger partial charge in [-0.2, -0.15) is 0 Å². The van der Waals surface area contributed by atoms with E-state index in [-0.39, 0.29) is 12.2 Å². The molecule has 7 nitrogen and oxygen atoms in total. The number of carboxylic acid groups (broad SMARTS) is 1. The Morgan fingerprint density at radius 1 is 1.06 bits per heavy atom. The fourth-order valence-electron chi connectivity index (χ4n) is 3.24. The van der Waals surface area contributed by atoms with Gasteiger partial charge in [-0.05, 0) is 30.2 Å². The minimum atomic E-state index is -1.04. The summed E-state index contributed by atoms with van der Waals surface area (Å²) in [7, 11) is 0. The van der Waals surface area contributed by atoms with Crippen molar-refractivity contribution in [3.05, 3.63) is 82.5 Å². The molecule has 0 radical (unpaired) electrons. The van der Waals surface area contributed by atoms with Crippen molar-refractivity contribution in [2.24, 2.45) is 0 Å². The molecule has 2 heterocycles. The Kier molecular flexibility index (Phi) is 5.90. The molecule has 31 heavy (non-hydrogen) atoms. The van der Waals surface area contributed by atoms with E-state index in [2.05, 4.69) is 15.3 Å². The van der Waals surface area contributed by atoms with Gasteiger partial charge in [-0.1, -0.05) is 42.5 Å². The topological polar surface area (TPSA) is 101 Å². The summed E-state index contributed by atoms with van der Waals surface area (Å²) in [5, 5.41) is 13.2. The van der Waals surface area contributed by atoms with E-state index in [0.717, 1.165) is 5.56 Å². The Hall–Kier alpha value is -3.78. The number of aromatic carboxylic acids is 1. The van der Waals surface area contributed by atoms with Crippen molar-refractivity contribution in [3.63, 3.8) is 0 Å². The first kappa shape index (κ1) is 20.5. The second-order valence-electron chi connectivity index (χ2n) is 6.81. The number of nitrogens with zero attached hydrogens (tertiary/aromatic N) is 2. The largest absolute Gasteiger partial charge is 0.478 e. The zero-order valence-electron chi connectivity index (χ0n) is 16.7. The summed E-state index contributed by atoms with van der Waals surface area (Å²) in [4.78, 5) is 33.8. The van der Waals surface area contributed by atoms with Gasteiger partial charge in [0.1, 0.15) is 21.9 Å². The number of hydrogen-bond donors (Lipinski definition) is 2. The zero-order chi connectivity index (χ0) is 21.8. The number of benzene rings is 2. The van der Waals surface area contributed by atoms with Crippen molar-refractivity contribution in [2.45, 2.75) is 13.3 Å². The van der Waals surface area contributed by atoms with Crippen molar-refractivity contribution >= 4 is 45.0 Å². The van der Waals surface area contributed by atoms with Crippen LogP contribution < -0.4 is 5.32 Å². The molecule has 8 heteroatoms. The van der Waals surface area contributed by atoms with E-state index in [1.165, 1.54) is 23.7 Å². The molecule has 0 unspecified atom stereocenters. The molecule has 2 aromatic carbocycles. The van der Waals surface area contributed by atoms with Crippen LogP contribution in [0.25, 0.3) is 10.2 Å². The van der Waals surface area contributed by atoms with Gasteiger partial charge in [-0.3, -0.25) is 0 Å². The number of esters is 1. The molecule has 4 aromatic rings. The SMILES string of the molecule is Cc1c(C(=O)OCCc2ccccc2)sc2ncnc(Nc3ccccc3C(=O)O)c12. The maximum absolute atomic E-state index is 12.7. The predicted molar refractivity (Wildman–Crippen MR) is 119 cm³/mol. The number of carbonyl (C=O) groups is 2. The minimum Gasteiger partial charge on any atom is -0.478 e. The molecule has 0 fully saturated rings. The highest BCUT2D eigenvalue weighted by atomic mass is 32.1. The Bertz CT molecular complexity index is 1250. The van der Waals surface area contributed by atoms with E-state index in [0.29, 0.717) is 38.6 Å². The lowest BCUT2D eigenvalue weighted by Gasteiger charge is -2.10. The van der Waals surface area contributed by atoms with Crippen LogP contribution in [0.15, 0.2) is 60.9 Å². The van der Waals surface area contributed by atoms with Crippen LogP contribution in [0.4, 0.5) is 11.5 Å². The highest BCUT2D eigenvalue weighted by Gasteiger charge is 2.21. The quantitative estimate of drug-likeness (QED) is 0.402. The lowest BCUT2D eigenvalue weighted by molar-refractivity contribution is 0.0514. The maximum Gasteiger partial charge on any atom is 0.348 e. The third kappa shape index (κ3) is 4.39. The molecule has 0 aliphatic rings. The normalized spacial score (nSPS) is 10.7. The number of nitrogens with one attached hydrogen (secondary N) is 1. The number of hydrogen-bond acceptors (Lipinski definition) is 7. The van der Waals surface area contributed by atoms with Gasteiger partial charge < -0.3 is 15.2 Å². The molecule has 0 aliphatic heterocycles. The van der Waals surface area contributed by atoms with E-state index in [9.17, 15) is 14.7 Å².